The van der Waals surface area contributed by atoms with E-state index >= 15 is 0 Å². The largest absolute Gasteiger partial charge is 0.491 e. The van der Waals surface area contributed by atoms with Gasteiger partial charge in [0, 0.05) is 17.5 Å². The van der Waals surface area contributed by atoms with Crippen LogP contribution in [0.15, 0.2) is 41.7 Å². The molecule has 1 aliphatic heterocycles. The number of hydrogen-bond acceptors (Lipinski definition) is 6. The van der Waals surface area contributed by atoms with Gasteiger partial charge >= 0.3 is 0 Å². The van der Waals surface area contributed by atoms with E-state index < -0.39 is 23.3 Å². The monoisotopic (exact) mass is 411 g/mol. The van der Waals surface area contributed by atoms with Gasteiger partial charge in [-0.1, -0.05) is 6.07 Å². The fourth-order valence-corrected chi connectivity index (χ4v) is 3.35. The zero-order valence-corrected chi connectivity index (χ0v) is 16.2. The maximum Gasteiger partial charge on any atom is 0.250 e. The standard InChI is InChI=1S/C21H19F2N5O2/c1-30-19-15(22)8-12(9-16(19)23)17(10-28-6-3-7-28)27-21-14-5-2-4-13(20(24)29)18(14)25-11-26-21/h2,4-5,8-9,11H,3,6-7,10H2,1H3,(H2,24,29). The smallest absolute Gasteiger partial charge is 0.250 e. The third-order valence-electron chi connectivity index (χ3n) is 5.01. The first-order chi connectivity index (χ1) is 14.5. The minimum Gasteiger partial charge on any atom is -0.491 e. The number of hydrogen-bond donors (Lipinski definition) is 1. The van der Waals surface area contributed by atoms with E-state index in [1.54, 1.807) is 18.2 Å². The van der Waals surface area contributed by atoms with Gasteiger partial charge in [-0.05, 0) is 43.8 Å². The Labute approximate surface area is 171 Å². The number of nitrogens with two attached hydrogens (primary N) is 1. The van der Waals surface area contributed by atoms with E-state index in [1.807, 2.05) is 0 Å². The molecule has 2 heterocycles. The number of amides is 1. The minimum atomic E-state index is -0.813. The highest BCUT2D eigenvalue weighted by atomic mass is 19.1. The number of benzene rings is 2. The number of carbonyl (C=O) groups is 1. The number of fused-ring (bicyclic) bond motifs is 1. The number of halogens is 2. The highest BCUT2D eigenvalue weighted by molar-refractivity contribution is 6.09. The Hall–Kier alpha value is -3.46. The Kier molecular flexibility index (Phi) is 5.37. The lowest BCUT2D eigenvalue weighted by molar-refractivity contribution is 0.100. The summed E-state index contributed by atoms with van der Waals surface area (Å²) in [6, 6.07) is 7.33. The van der Waals surface area contributed by atoms with Crippen molar-refractivity contribution in [2.45, 2.75) is 6.42 Å². The van der Waals surface area contributed by atoms with Crippen LogP contribution in [0, 0.1) is 11.6 Å². The van der Waals surface area contributed by atoms with Crippen LogP contribution in [0.1, 0.15) is 22.3 Å². The summed E-state index contributed by atoms with van der Waals surface area (Å²) in [5, 5.41) is 0.518. The highest BCUT2D eigenvalue weighted by Gasteiger charge is 2.21. The van der Waals surface area contributed by atoms with E-state index in [9.17, 15) is 13.6 Å². The molecule has 0 aliphatic carbocycles. The van der Waals surface area contributed by atoms with Crippen LogP contribution in [0.3, 0.4) is 0 Å². The average molecular weight is 411 g/mol. The van der Waals surface area contributed by atoms with Crippen molar-refractivity contribution in [1.82, 2.24) is 14.9 Å². The maximum atomic E-state index is 14.3. The Morgan fingerprint density at radius 2 is 1.97 bits per heavy atom. The molecule has 7 nitrogen and oxygen atoms in total. The third kappa shape index (κ3) is 3.71. The Bertz CT molecular complexity index is 1140. The van der Waals surface area contributed by atoms with Crippen molar-refractivity contribution in [3.8, 4) is 5.75 Å². The second-order valence-corrected chi connectivity index (χ2v) is 6.92. The molecule has 1 aliphatic rings. The number of para-hydroxylation sites is 1. The van der Waals surface area contributed by atoms with Crippen LogP contribution >= 0.6 is 0 Å². The zero-order chi connectivity index (χ0) is 21.3. The van der Waals surface area contributed by atoms with Crippen LogP contribution in [0.5, 0.6) is 5.75 Å². The van der Waals surface area contributed by atoms with E-state index in [0.717, 1.165) is 19.5 Å². The summed E-state index contributed by atoms with van der Waals surface area (Å²) in [5.74, 6) is -2.40. The summed E-state index contributed by atoms with van der Waals surface area (Å²) in [6.45, 7) is 2.14. The highest BCUT2D eigenvalue weighted by Crippen LogP contribution is 2.27. The SMILES string of the molecule is COc1c(F)cc(C(CN2CCC2)=Nc2ncnc3c(C(N)=O)cccc23)cc1F. The van der Waals surface area contributed by atoms with Gasteiger partial charge in [0.2, 0.25) is 0 Å². The van der Waals surface area contributed by atoms with Gasteiger partial charge in [0.05, 0.1) is 23.9 Å². The van der Waals surface area contributed by atoms with Crippen molar-refractivity contribution < 1.29 is 18.3 Å². The normalized spacial score (nSPS) is 14.6. The van der Waals surface area contributed by atoms with E-state index in [0.29, 0.717) is 23.2 Å². The topological polar surface area (TPSA) is 93.7 Å². The number of nitrogens with zero attached hydrogens (tertiary/aromatic N) is 4. The maximum absolute atomic E-state index is 14.3. The number of aliphatic imine (C=N–C) groups is 1. The molecule has 0 atom stereocenters. The molecule has 3 aromatic rings. The molecule has 0 unspecified atom stereocenters. The molecule has 30 heavy (non-hydrogen) atoms. The molecule has 0 spiro atoms. The predicted molar refractivity (Wildman–Crippen MR) is 108 cm³/mol. The van der Waals surface area contributed by atoms with Crippen molar-refractivity contribution in [2.24, 2.45) is 10.7 Å². The first-order valence-corrected chi connectivity index (χ1v) is 9.34. The molecule has 154 valence electrons. The van der Waals surface area contributed by atoms with Gasteiger partial charge in [-0.2, -0.15) is 0 Å². The first kappa shape index (κ1) is 19.8. The summed E-state index contributed by atoms with van der Waals surface area (Å²) in [6.07, 6.45) is 2.33. The first-order valence-electron chi connectivity index (χ1n) is 9.34. The zero-order valence-electron chi connectivity index (χ0n) is 16.2. The molecular weight excluding hydrogens is 392 g/mol. The van der Waals surface area contributed by atoms with Gasteiger partial charge < -0.3 is 10.5 Å². The lowest BCUT2D eigenvalue weighted by Crippen LogP contribution is -2.41. The molecule has 4 rings (SSSR count). The fourth-order valence-electron chi connectivity index (χ4n) is 3.35. The number of carbonyl (C=O) groups excluding carboxylic acids is 1. The fraction of sp³-hybridized carbons (Fsp3) is 0.238. The van der Waals surface area contributed by atoms with Crippen molar-refractivity contribution in [3.05, 3.63) is 59.4 Å². The Balaban J connectivity index is 1.86. The quantitative estimate of drug-likeness (QED) is 0.630. The van der Waals surface area contributed by atoms with Gasteiger partial charge in [0.25, 0.3) is 5.91 Å². The van der Waals surface area contributed by atoms with Crippen LogP contribution in [0.4, 0.5) is 14.6 Å². The molecular formula is C21H19F2N5O2. The van der Waals surface area contributed by atoms with Crippen molar-refractivity contribution in [1.29, 1.82) is 0 Å². The van der Waals surface area contributed by atoms with Crippen molar-refractivity contribution in [3.63, 3.8) is 0 Å². The van der Waals surface area contributed by atoms with Crippen LogP contribution < -0.4 is 10.5 Å². The van der Waals surface area contributed by atoms with Gasteiger partial charge in [-0.3, -0.25) is 9.69 Å². The van der Waals surface area contributed by atoms with Gasteiger partial charge in [-0.25, -0.2) is 23.7 Å². The van der Waals surface area contributed by atoms with Crippen LogP contribution in [0.25, 0.3) is 10.9 Å². The van der Waals surface area contributed by atoms with Crippen molar-refractivity contribution >= 4 is 28.3 Å². The predicted octanol–water partition coefficient (Wildman–Crippen LogP) is 2.84. The molecule has 2 aromatic carbocycles. The van der Waals surface area contributed by atoms with E-state index in [2.05, 4.69) is 19.9 Å². The Morgan fingerprint density at radius 1 is 1.23 bits per heavy atom. The van der Waals surface area contributed by atoms with E-state index in [-0.39, 0.29) is 16.9 Å². The van der Waals surface area contributed by atoms with E-state index in [4.69, 9.17) is 10.5 Å². The lowest BCUT2D eigenvalue weighted by atomic mass is 10.1. The lowest BCUT2D eigenvalue weighted by Gasteiger charge is -2.31. The molecule has 1 aromatic heterocycles. The molecule has 0 bridgehead atoms. The summed E-state index contributed by atoms with van der Waals surface area (Å²) in [4.78, 5) is 26.8. The van der Waals surface area contributed by atoms with Gasteiger partial charge in [0.15, 0.2) is 23.2 Å². The molecule has 0 saturated carbocycles. The molecule has 1 amide bonds. The summed E-state index contributed by atoms with van der Waals surface area (Å²) < 4.78 is 33.4. The number of ether oxygens (including phenoxy) is 1. The van der Waals surface area contributed by atoms with Crippen LogP contribution in [-0.4, -0.2) is 53.2 Å². The number of likely N-dealkylation sites (tertiary alicyclic amines) is 1. The number of methoxy groups -OCH3 is 1. The second kappa shape index (κ2) is 8.11. The molecule has 9 heteroatoms. The van der Waals surface area contributed by atoms with Crippen molar-refractivity contribution in [2.75, 3.05) is 26.7 Å². The third-order valence-corrected chi connectivity index (χ3v) is 5.01. The molecule has 1 saturated heterocycles. The second-order valence-electron chi connectivity index (χ2n) is 6.92. The molecule has 1 fully saturated rings. The molecule has 2 N–H and O–H groups in total. The molecule has 0 radical (unpaired) electrons. The minimum absolute atomic E-state index is 0.247. The van der Waals surface area contributed by atoms with E-state index in [1.165, 1.54) is 25.6 Å². The average Bonchev–Trinajstić information content (AvgIpc) is 2.69. The van der Waals surface area contributed by atoms with Gasteiger partial charge in [-0.15, -0.1) is 0 Å². The Morgan fingerprint density at radius 3 is 2.57 bits per heavy atom. The van der Waals surface area contributed by atoms with Crippen LogP contribution in [0.2, 0.25) is 0 Å². The van der Waals surface area contributed by atoms with Gasteiger partial charge in [0.1, 0.15) is 6.33 Å². The summed E-state index contributed by atoms with van der Waals surface area (Å²) in [5.41, 5.74) is 6.79. The number of aromatic nitrogens is 2. The number of primary amides is 1. The summed E-state index contributed by atoms with van der Waals surface area (Å²) >= 11 is 0. The van der Waals surface area contributed by atoms with Crippen LogP contribution in [-0.2, 0) is 0 Å². The summed E-state index contributed by atoms with van der Waals surface area (Å²) in [7, 11) is 1.21. The number of rotatable bonds is 6.